The third-order valence-electron chi connectivity index (χ3n) is 5.05. The van der Waals surface area contributed by atoms with Gasteiger partial charge in [0.25, 0.3) is 0 Å². The SMILES string of the molecule is O=C(O)C1C2CCC(C2)C1NCC(=O)N1CCOCC1. The fourth-order valence-corrected chi connectivity index (χ4v) is 4.07. The van der Waals surface area contributed by atoms with Crippen molar-refractivity contribution in [2.24, 2.45) is 17.8 Å². The number of hydrogen-bond acceptors (Lipinski definition) is 4. The van der Waals surface area contributed by atoms with Crippen molar-refractivity contribution in [1.82, 2.24) is 10.2 Å². The van der Waals surface area contributed by atoms with Crippen molar-refractivity contribution in [2.45, 2.75) is 25.3 Å². The summed E-state index contributed by atoms with van der Waals surface area (Å²) >= 11 is 0. The first-order valence-electron chi connectivity index (χ1n) is 7.48. The standard InChI is InChI=1S/C14H22N2O4/c17-11(16-3-5-20-6-4-16)8-15-13-10-2-1-9(7-10)12(13)14(18)19/h9-10,12-13,15H,1-8H2,(H,18,19). The number of carbonyl (C=O) groups excluding carboxylic acids is 1. The lowest BCUT2D eigenvalue weighted by Crippen LogP contribution is -2.50. The van der Waals surface area contributed by atoms with Gasteiger partial charge in [0.05, 0.1) is 25.7 Å². The molecule has 2 saturated carbocycles. The lowest BCUT2D eigenvalue weighted by atomic mass is 9.84. The number of morpholine rings is 1. The number of nitrogens with zero attached hydrogens (tertiary/aromatic N) is 1. The summed E-state index contributed by atoms with van der Waals surface area (Å²) in [5.41, 5.74) is 0. The van der Waals surface area contributed by atoms with Gasteiger partial charge in [-0.3, -0.25) is 9.59 Å². The summed E-state index contributed by atoms with van der Waals surface area (Å²) in [4.78, 5) is 25.3. The van der Waals surface area contributed by atoms with Gasteiger partial charge in [0.2, 0.25) is 5.91 Å². The molecule has 0 spiro atoms. The van der Waals surface area contributed by atoms with Crippen LogP contribution >= 0.6 is 0 Å². The van der Waals surface area contributed by atoms with Crippen LogP contribution in [0.4, 0.5) is 0 Å². The molecule has 20 heavy (non-hydrogen) atoms. The van der Waals surface area contributed by atoms with Crippen molar-refractivity contribution in [3.8, 4) is 0 Å². The second kappa shape index (κ2) is 5.69. The van der Waals surface area contributed by atoms with Crippen molar-refractivity contribution >= 4 is 11.9 Å². The first-order chi connectivity index (χ1) is 9.66. The number of aliphatic carboxylic acids is 1. The average molecular weight is 282 g/mol. The van der Waals surface area contributed by atoms with Crippen molar-refractivity contribution < 1.29 is 19.4 Å². The number of nitrogens with one attached hydrogen (secondary N) is 1. The maximum absolute atomic E-state index is 12.1. The van der Waals surface area contributed by atoms with Gasteiger partial charge in [-0.25, -0.2) is 0 Å². The van der Waals surface area contributed by atoms with E-state index in [1.807, 2.05) is 0 Å². The van der Waals surface area contributed by atoms with E-state index >= 15 is 0 Å². The summed E-state index contributed by atoms with van der Waals surface area (Å²) in [6, 6.07) is -0.0313. The fraction of sp³-hybridized carbons (Fsp3) is 0.857. The van der Waals surface area contributed by atoms with Crippen LogP contribution in [-0.2, 0) is 14.3 Å². The smallest absolute Gasteiger partial charge is 0.308 e. The highest BCUT2D eigenvalue weighted by atomic mass is 16.5. The maximum Gasteiger partial charge on any atom is 0.308 e. The first kappa shape index (κ1) is 13.8. The number of fused-ring (bicyclic) bond motifs is 2. The van der Waals surface area contributed by atoms with Gasteiger partial charge in [-0.1, -0.05) is 0 Å². The van der Waals surface area contributed by atoms with Gasteiger partial charge in [-0.05, 0) is 31.1 Å². The lowest BCUT2D eigenvalue weighted by Gasteiger charge is -2.31. The topological polar surface area (TPSA) is 78.9 Å². The molecule has 6 heteroatoms. The molecule has 3 aliphatic rings. The maximum atomic E-state index is 12.1. The molecule has 4 unspecified atom stereocenters. The summed E-state index contributed by atoms with van der Waals surface area (Å²) in [7, 11) is 0. The molecule has 2 aliphatic carbocycles. The van der Waals surface area contributed by atoms with Gasteiger partial charge in [-0.15, -0.1) is 0 Å². The van der Waals surface area contributed by atoms with Crippen molar-refractivity contribution in [3.05, 3.63) is 0 Å². The number of ether oxygens (including phenoxy) is 1. The van der Waals surface area contributed by atoms with Crippen LogP contribution in [0.2, 0.25) is 0 Å². The monoisotopic (exact) mass is 282 g/mol. The molecule has 0 aromatic carbocycles. The molecule has 0 aromatic heterocycles. The number of hydrogen-bond donors (Lipinski definition) is 2. The van der Waals surface area contributed by atoms with Crippen molar-refractivity contribution in [2.75, 3.05) is 32.8 Å². The number of amides is 1. The van der Waals surface area contributed by atoms with Crippen LogP contribution in [0, 0.1) is 17.8 Å². The zero-order valence-electron chi connectivity index (χ0n) is 11.6. The molecule has 1 amide bonds. The van der Waals surface area contributed by atoms with E-state index in [1.165, 1.54) is 0 Å². The Hall–Kier alpha value is -1.14. The van der Waals surface area contributed by atoms with Crippen molar-refractivity contribution in [3.63, 3.8) is 0 Å². The summed E-state index contributed by atoms with van der Waals surface area (Å²) < 4.78 is 5.22. The minimum atomic E-state index is -0.714. The quantitative estimate of drug-likeness (QED) is 0.755. The molecule has 112 valence electrons. The minimum Gasteiger partial charge on any atom is -0.481 e. The highest BCUT2D eigenvalue weighted by Crippen LogP contribution is 2.48. The zero-order chi connectivity index (χ0) is 14.1. The fourth-order valence-electron chi connectivity index (χ4n) is 4.07. The van der Waals surface area contributed by atoms with Crippen LogP contribution in [0.1, 0.15) is 19.3 Å². The second-order valence-electron chi connectivity index (χ2n) is 6.10. The Morgan fingerprint density at radius 2 is 1.90 bits per heavy atom. The summed E-state index contributed by atoms with van der Waals surface area (Å²) in [6.45, 7) is 2.71. The first-order valence-corrected chi connectivity index (χ1v) is 7.48. The van der Waals surface area contributed by atoms with Crippen molar-refractivity contribution in [1.29, 1.82) is 0 Å². The van der Waals surface area contributed by atoms with E-state index in [1.54, 1.807) is 4.90 Å². The van der Waals surface area contributed by atoms with E-state index < -0.39 is 5.97 Å². The van der Waals surface area contributed by atoms with Crippen LogP contribution in [0.5, 0.6) is 0 Å². The minimum absolute atomic E-state index is 0.0313. The molecule has 2 bridgehead atoms. The summed E-state index contributed by atoms with van der Waals surface area (Å²) in [5.74, 6) is -0.243. The zero-order valence-corrected chi connectivity index (χ0v) is 11.6. The predicted molar refractivity (Wildman–Crippen MR) is 71.1 cm³/mol. The normalized spacial score (nSPS) is 36.3. The molecule has 3 fully saturated rings. The van der Waals surface area contributed by atoms with Gasteiger partial charge >= 0.3 is 5.97 Å². The Bertz CT molecular complexity index is 395. The second-order valence-corrected chi connectivity index (χ2v) is 6.10. The molecular weight excluding hydrogens is 260 g/mol. The Balaban J connectivity index is 1.54. The molecule has 4 atom stereocenters. The molecule has 0 aromatic rings. The number of carboxylic acid groups (broad SMARTS) is 1. The molecule has 1 saturated heterocycles. The van der Waals surface area contributed by atoms with Gasteiger partial charge in [0, 0.05) is 19.1 Å². The van der Waals surface area contributed by atoms with Crippen LogP contribution < -0.4 is 5.32 Å². The molecule has 2 N–H and O–H groups in total. The van der Waals surface area contributed by atoms with E-state index in [4.69, 9.17) is 4.74 Å². The molecule has 0 radical (unpaired) electrons. The van der Waals surface area contributed by atoms with Crippen LogP contribution in [-0.4, -0.2) is 60.8 Å². The molecular formula is C14H22N2O4. The Morgan fingerprint density at radius 1 is 1.20 bits per heavy atom. The Kier molecular flexibility index (Phi) is 3.94. The summed E-state index contributed by atoms with van der Waals surface area (Å²) in [5, 5.41) is 12.6. The number of rotatable bonds is 4. The highest BCUT2D eigenvalue weighted by Gasteiger charge is 2.50. The highest BCUT2D eigenvalue weighted by molar-refractivity contribution is 5.78. The Morgan fingerprint density at radius 3 is 2.60 bits per heavy atom. The average Bonchev–Trinajstić information content (AvgIpc) is 3.06. The number of carbonyl (C=O) groups is 2. The van der Waals surface area contributed by atoms with E-state index in [0.717, 1.165) is 19.3 Å². The molecule has 1 heterocycles. The van der Waals surface area contributed by atoms with Crippen LogP contribution in [0.3, 0.4) is 0 Å². The lowest BCUT2D eigenvalue weighted by molar-refractivity contribution is -0.145. The molecule has 1 aliphatic heterocycles. The predicted octanol–water partition coefficient (Wildman–Crippen LogP) is -0.0659. The van der Waals surface area contributed by atoms with Crippen LogP contribution in [0.25, 0.3) is 0 Å². The largest absolute Gasteiger partial charge is 0.481 e. The van der Waals surface area contributed by atoms with E-state index in [0.29, 0.717) is 38.1 Å². The van der Waals surface area contributed by atoms with E-state index in [-0.39, 0.29) is 24.4 Å². The van der Waals surface area contributed by atoms with E-state index in [2.05, 4.69) is 5.32 Å². The van der Waals surface area contributed by atoms with Gasteiger partial charge in [0.15, 0.2) is 0 Å². The molecule has 3 rings (SSSR count). The Labute approximate surface area is 118 Å². The van der Waals surface area contributed by atoms with Gasteiger partial charge in [0.1, 0.15) is 0 Å². The van der Waals surface area contributed by atoms with Gasteiger partial charge in [-0.2, -0.15) is 0 Å². The third-order valence-corrected chi connectivity index (χ3v) is 5.05. The summed E-state index contributed by atoms with van der Waals surface area (Å²) in [6.07, 6.45) is 3.12. The van der Waals surface area contributed by atoms with Gasteiger partial charge < -0.3 is 20.1 Å². The molecule has 6 nitrogen and oxygen atoms in total. The third kappa shape index (κ3) is 2.54. The number of carboxylic acids is 1. The van der Waals surface area contributed by atoms with E-state index in [9.17, 15) is 14.7 Å². The van der Waals surface area contributed by atoms with Crippen LogP contribution in [0.15, 0.2) is 0 Å².